The average molecular weight is 292 g/mol. The first-order valence-corrected chi connectivity index (χ1v) is 7.83. The van der Waals surface area contributed by atoms with Gasteiger partial charge in [0, 0.05) is 33.7 Å². The van der Waals surface area contributed by atoms with E-state index in [1.165, 1.54) is 12.8 Å². The lowest BCUT2D eigenvalue weighted by Gasteiger charge is -2.38. The summed E-state index contributed by atoms with van der Waals surface area (Å²) in [6.45, 7) is 9.65. The van der Waals surface area contributed by atoms with Crippen LogP contribution in [0.5, 0.6) is 0 Å². The van der Waals surface area contributed by atoms with Crippen LogP contribution in [-0.2, 0) is 0 Å². The lowest BCUT2D eigenvalue weighted by Crippen LogP contribution is -2.41. The first-order valence-electron chi connectivity index (χ1n) is 7.83. The van der Waals surface area contributed by atoms with Gasteiger partial charge in [-0.15, -0.1) is 0 Å². The summed E-state index contributed by atoms with van der Waals surface area (Å²) >= 11 is 0. The molecule has 0 spiro atoms. The predicted molar refractivity (Wildman–Crippen MR) is 88.2 cm³/mol. The summed E-state index contributed by atoms with van der Waals surface area (Å²) in [7, 11) is 3.92. The number of hydrogen-bond acceptors (Lipinski definition) is 6. The zero-order valence-electron chi connectivity index (χ0n) is 14.0. The fourth-order valence-corrected chi connectivity index (χ4v) is 2.61. The van der Waals surface area contributed by atoms with E-state index < -0.39 is 0 Å². The van der Waals surface area contributed by atoms with Gasteiger partial charge in [-0.25, -0.2) is 0 Å². The quantitative estimate of drug-likeness (QED) is 0.899. The van der Waals surface area contributed by atoms with E-state index in [4.69, 9.17) is 0 Å². The van der Waals surface area contributed by atoms with Crippen LogP contribution in [0.3, 0.4) is 0 Å². The molecule has 0 saturated carbocycles. The first-order chi connectivity index (χ1) is 9.91. The Balaban J connectivity index is 2.26. The molecular weight excluding hydrogens is 264 g/mol. The van der Waals surface area contributed by atoms with E-state index in [0.717, 1.165) is 32.0 Å². The van der Waals surface area contributed by atoms with E-state index in [1.54, 1.807) is 0 Å². The van der Waals surface area contributed by atoms with Crippen LogP contribution in [0.1, 0.15) is 40.0 Å². The minimum Gasteiger partial charge on any atom is -0.354 e. The van der Waals surface area contributed by atoms with Gasteiger partial charge in [0.25, 0.3) is 0 Å². The molecule has 1 fully saturated rings. The fraction of sp³-hybridized carbons (Fsp3) is 0.800. The number of anilines is 3. The minimum absolute atomic E-state index is 0.320. The van der Waals surface area contributed by atoms with Crippen molar-refractivity contribution in [3.63, 3.8) is 0 Å². The van der Waals surface area contributed by atoms with E-state index >= 15 is 0 Å². The van der Waals surface area contributed by atoms with Crippen LogP contribution in [0.4, 0.5) is 17.8 Å². The SMILES string of the molecule is CCCNc1nc(N(C)C)nc(N2CCCC(C)(C)C2)n1. The van der Waals surface area contributed by atoms with Crippen molar-refractivity contribution in [1.82, 2.24) is 15.0 Å². The highest BCUT2D eigenvalue weighted by Gasteiger charge is 2.28. The van der Waals surface area contributed by atoms with Gasteiger partial charge in [-0.05, 0) is 24.7 Å². The van der Waals surface area contributed by atoms with Crippen molar-refractivity contribution < 1.29 is 0 Å². The van der Waals surface area contributed by atoms with Crippen LogP contribution in [0, 0.1) is 5.41 Å². The molecule has 1 aliphatic rings. The van der Waals surface area contributed by atoms with Gasteiger partial charge in [0.2, 0.25) is 17.8 Å². The lowest BCUT2D eigenvalue weighted by molar-refractivity contribution is 0.291. The Labute approximate surface area is 128 Å². The summed E-state index contributed by atoms with van der Waals surface area (Å²) in [5.41, 5.74) is 0.320. The Kier molecular flexibility index (Phi) is 4.85. The molecule has 118 valence electrons. The number of hydrogen-bond donors (Lipinski definition) is 1. The van der Waals surface area contributed by atoms with Gasteiger partial charge in [-0.2, -0.15) is 15.0 Å². The normalized spacial score (nSPS) is 17.7. The van der Waals surface area contributed by atoms with Crippen LogP contribution < -0.4 is 15.1 Å². The molecule has 1 aromatic rings. The molecule has 1 aliphatic heterocycles. The van der Waals surface area contributed by atoms with Crippen molar-refractivity contribution >= 4 is 17.8 Å². The minimum atomic E-state index is 0.320. The van der Waals surface area contributed by atoms with E-state index in [2.05, 4.69) is 45.9 Å². The van der Waals surface area contributed by atoms with Gasteiger partial charge >= 0.3 is 0 Å². The molecule has 0 radical (unpaired) electrons. The predicted octanol–water partition coefficient (Wildman–Crippen LogP) is 2.39. The Morgan fingerprint density at radius 3 is 2.62 bits per heavy atom. The standard InChI is InChI=1S/C15H28N6/c1-6-9-16-12-17-13(20(4)5)19-14(18-12)21-10-7-8-15(2,3)11-21/h6-11H2,1-5H3,(H,16,17,18,19). The molecule has 0 atom stereocenters. The zero-order valence-corrected chi connectivity index (χ0v) is 14.0. The molecule has 0 unspecified atom stereocenters. The third kappa shape index (κ3) is 4.19. The Morgan fingerprint density at radius 2 is 2.00 bits per heavy atom. The van der Waals surface area contributed by atoms with Crippen LogP contribution in [0.2, 0.25) is 0 Å². The van der Waals surface area contributed by atoms with Crippen molar-refractivity contribution in [3.05, 3.63) is 0 Å². The second kappa shape index (κ2) is 6.45. The van der Waals surface area contributed by atoms with Gasteiger partial charge < -0.3 is 15.1 Å². The summed E-state index contributed by atoms with van der Waals surface area (Å²) in [4.78, 5) is 17.9. The van der Waals surface area contributed by atoms with Crippen molar-refractivity contribution in [2.75, 3.05) is 48.8 Å². The molecule has 1 saturated heterocycles. The third-order valence-electron chi connectivity index (χ3n) is 3.73. The van der Waals surface area contributed by atoms with Crippen LogP contribution in [0.15, 0.2) is 0 Å². The smallest absolute Gasteiger partial charge is 0.231 e. The molecule has 2 rings (SSSR count). The molecule has 0 aromatic carbocycles. The van der Waals surface area contributed by atoms with Gasteiger partial charge in [-0.3, -0.25) is 0 Å². The molecule has 2 heterocycles. The summed E-state index contributed by atoms with van der Waals surface area (Å²) in [5, 5.41) is 3.27. The molecule has 1 N–H and O–H groups in total. The largest absolute Gasteiger partial charge is 0.354 e. The Hall–Kier alpha value is -1.59. The maximum Gasteiger partial charge on any atom is 0.231 e. The highest BCUT2D eigenvalue weighted by Crippen LogP contribution is 2.30. The topological polar surface area (TPSA) is 57.2 Å². The highest BCUT2D eigenvalue weighted by molar-refractivity contribution is 5.45. The van der Waals surface area contributed by atoms with E-state index in [1.807, 2.05) is 19.0 Å². The second-order valence-corrected chi connectivity index (χ2v) is 6.77. The van der Waals surface area contributed by atoms with Crippen molar-refractivity contribution in [3.8, 4) is 0 Å². The number of nitrogens with zero attached hydrogens (tertiary/aromatic N) is 5. The summed E-state index contributed by atoms with van der Waals surface area (Å²) in [6, 6.07) is 0. The van der Waals surface area contributed by atoms with Gasteiger partial charge in [-0.1, -0.05) is 20.8 Å². The molecular formula is C15H28N6. The summed E-state index contributed by atoms with van der Waals surface area (Å²) < 4.78 is 0. The third-order valence-corrected chi connectivity index (χ3v) is 3.73. The maximum atomic E-state index is 4.62. The Bertz CT molecular complexity index is 471. The van der Waals surface area contributed by atoms with Crippen molar-refractivity contribution in [1.29, 1.82) is 0 Å². The molecule has 0 bridgehead atoms. The molecule has 1 aromatic heterocycles. The van der Waals surface area contributed by atoms with Gasteiger partial charge in [0.05, 0.1) is 0 Å². The van der Waals surface area contributed by atoms with Crippen LogP contribution in [0.25, 0.3) is 0 Å². The van der Waals surface area contributed by atoms with E-state index in [0.29, 0.717) is 17.3 Å². The van der Waals surface area contributed by atoms with Crippen molar-refractivity contribution in [2.45, 2.75) is 40.0 Å². The molecule has 6 heteroatoms. The number of aromatic nitrogens is 3. The van der Waals surface area contributed by atoms with Crippen LogP contribution >= 0.6 is 0 Å². The molecule has 0 amide bonds. The maximum absolute atomic E-state index is 4.62. The molecule has 0 aliphatic carbocycles. The Morgan fingerprint density at radius 1 is 1.24 bits per heavy atom. The highest BCUT2D eigenvalue weighted by atomic mass is 15.4. The van der Waals surface area contributed by atoms with Crippen molar-refractivity contribution in [2.24, 2.45) is 5.41 Å². The van der Waals surface area contributed by atoms with Gasteiger partial charge in [0.1, 0.15) is 0 Å². The fourth-order valence-electron chi connectivity index (χ4n) is 2.61. The lowest BCUT2D eigenvalue weighted by atomic mass is 9.84. The average Bonchev–Trinajstić information content (AvgIpc) is 2.43. The van der Waals surface area contributed by atoms with E-state index in [-0.39, 0.29) is 0 Å². The van der Waals surface area contributed by atoms with Gasteiger partial charge in [0.15, 0.2) is 0 Å². The zero-order chi connectivity index (χ0) is 15.5. The van der Waals surface area contributed by atoms with E-state index in [9.17, 15) is 0 Å². The second-order valence-electron chi connectivity index (χ2n) is 6.77. The monoisotopic (exact) mass is 292 g/mol. The molecule has 21 heavy (non-hydrogen) atoms. The molecule has 6 nitrogen and oxygen atoms in total. The number of nitrogens with one attached hydrogen (secondary N) is 1. The number of piperidine rings is 1. The number of rotatable bonds is 5. The summed E-state index contributed by atoms with van der Waals surface area (Å²) in [6.07, 6.45) is 3.50. The first kappa shape index (κ1) is 15.8. The summed E-state index contributed by atoms with van der Waals surface area (Å²) in [5.74, 6) is 2.18. The van der Waals surface area contributed by atoms with Crippen LogP contribution in [-0.4, -0.2) is 48.7 Å².